The van der Waals surface area contributed by atoms with Crippen molar-refractivity contribution in [2.75, 3.05) is 0 Å². The van der Waals surface area contributed by atoms with Gasteiger partial charge < -0.3 is 9.73 Å². The Morgan fingerprint density at radius 3 is 2.83 bits per heavy atom. The van der Waals surface area contributed by atoms with Crippen molar-refractivity contribution < 1.29 is 14.0 Å². The number of carbonyl (C=O) groups is 2. The minimum absolute atomic E-state index is 0.153. The van der Waals surface area contributed by atoms with Gasteiger partial charge >= 0.3 is 6.03 Å². The standard InChI is InChI=1S/C16H13N3O3S/c1-16(12-7-4-8-22-12)14(20)19(15(21)18-16)9-13-17-10-5-2-3-6-11(10)23-13/h2-8H,9H2,1H3,(H,18,21)/t16-/m1/s1. The lowest BCUT2D eigenvalue weighted by Gasteiger charge is -2.18. The zero-order valence-electron chi connectivity index (χ0n) is 12.3. The molecule has 1 aliphatic rings. The van der Waals surface area contributed by atoms with E-state index in [9.17, 15) is 9.59 Å². The van der Waals surface area contributed by atoms with Gasteiger partial charge in [-0.2, -0.15) is 0 Å². The van der Waals surface area contributed by atoms with Crippen LogP contribution in [0.5, 0.6) is 0 Å². The zero-order chi connectivity index (χ0) is 16.0. The van der Waals surface area contributed by atoms with Crippen LogP contribution >= 0.6 is 11.3 Å². The molecule has 1 aliphatic heterocycles. The molecule has 0 radical (unpaired) electrons. The number of amides is 3. The highest BCUT2D eigenvalue weighted by molar-refractivity contribution is 7.18. The van der Waals surface area contributed by atoms with Crippen LogP contribution < -0.4 is 5.32 Å². The third-order valence-corrected chi connectivity index (χ3v) is 4.94. The van der Waals surface area contributed by atoms with Crippen LogP contribution in [0.2, 0.25) is 0 Å². The Morgan fingerprint density at radius 1 is 1.26 bits per heavy atom. The number of nitrogens with one attached hydrogen (secondary N) is 1. The van der Waals surface area contributed by atoms with Gasteiger partial charge in [0.1, 0.15) is 10.8 Å². The number of para-hydroxylation sites is 1. The van der Waals surface area contributed by atoms with Gasteiger partial charge in [0.2, 0.25) is 0 Å². The second-order valence-corrected chi connectivity index (χ2v) is 6.61. The maximum Gasteiger partial charge on any atom is 0.325 e. The Kier molecular flexibility index (Phi) is 2.99. The van der Waals surface area contributed by atoms with Gasteiger partial charge in [-0.1, -0.05) is 12.1 Å². The summed E-state index contributed by atoms with van der Waals surface area (Å²) in [4.78, 5) is 30.6. The van der Waals surface area contributed by atoms with Crippen molar-refractivity contribution >= 4 is 33.5 Å². The molecule has 0 spiro atoms. The van der Waals surface area contributed by atoms with Crippen molar-refractivity contribution in [3.05, 3.63) is 53.4 Å². The molecule has 1 atom stereocenters. The summed E-state index contributed by atoms with van der Waals surface area (Å²) < 4.78 is 6.34. The summed E-state index contributed by atoms with van der Waals surface area (Å²) in [6.07, 6.45) is 1.48. The van der Waals surface area contributed by atoms with Crippen LogP contribution in [-0.4, -0.2) is 21.8 Å². The van der Waals surface area contributed by atoms with Crippen molar-refractivity contribution in [2.24, 2.45) is 0 Å². The summed E-state index contributed by atoms with van der Waals surface area (Å²) in [5, 5.41) is 3.43. The molecule has 0 aliphatic carbocycles. The number of benzene rings is 1. The maximum atomic E-state index is 12.7. The monoisotopic (exact) mass is 327 g/mol. The fourth-order valence-corrected chi connectivity index (χ4v) is 3.65. The molecule has 0 bridgehead atoms. The number of nitrogens with zero attached hydrogens (tertiary/aromatic N) is 2. The number of hydrogen-bond donors (Lipinski definition) is 1. The van der Waals surface area contributed by atoms with E-state index in [1.807, 2.05) is 24.3 Å². The maximum absolute atomic E-state index is 12.7. The lowest BCUT2D eigenvalue weighted by molar-refractivity contribution is -0.132. The predicted octanol–water partition coefficient (Wildman–Crippen LogP) is 2.86. The van der Waals surface area contributed by atoms with Crippen molar-refractivity contribution in [3.63, 3.8) is 0 Å². The largest absolute Gasteiger partial charge is 0.466 e. The highest BCUT2D eigenvalue weighted by Gasteiger charge is 2.51. The molecular formula is C16H13N3O3S. The third-order valence-electron chi connectivity index (χ3n) is 3.92. The average molecular weight is 327 g/mol. The van der Waals surface area contributed by atoms with Gasteiger partial charge in [0, 0.05) is 0 Å². The minimum Gasteiger partial charge on any atom is -0.466 e. The lowest BCUT2D eigenvalue weighted by atomic mass is 9.99. The van der Waals surface area contributed by atoms with Gasteiger partial charge in [0.05, 0.1) is 23.0 Å². The number of carbonyl (C=O) groups excluding carboxylic acids is 2. The van der Waals surface area contributed by atoms with E-state index in [0.717, 1.165) is 15.2 Å². The van der Waals surface area contributed by atoms with Gasteiger partial charge in [-0.3, -0.25) is 9.69 Å². The molecule has 1 fully saturated rings. The van der Waals surface area contributed by atoms with Crippen LogP contribution in [0.4, 0.5) is 4.79 Å². The normalized spacial score (nSPS) is 21.2. The van der Waals surface area contributed by atoms with E-state index in [1.54, 1.807) is 19.1 Å². The van der Waals surface area contributed by atoms with E-state index < -0.39 is 11.6 Å². The first-order valence-electron chi connectivity index (χ1n) is 7.10. The molecule has 1 saturated heterocycles. The highest BCUT2D eigenvalue weighted by atomic mass is 32.1. The molecular weight excluding hydrogens is 314 g/mol. The summed E-state index contributed by atoms with van der Waals surface area (Å²) in [7, 11) is 0. The van der Waals surface area contributed by atoms with E-state index in [4.69, 9.17) is 4.42 Å². The molecule has 0 unspecified atom stereocenters. The molecule has 3 heterocycles. The molecule has 1 aromatic carbocycles. The minimum atomic E-state index is -1.17. The van der Waals surface area contributed by atoms with E-state index in [-0.39, 0.29) is 12.5 Å². The Balaban J connectivity index is 1.64. The third kappa shape index (κ3) is 2.12. The Bertz CT molecular complexity index is 869. The molecule has 3 amide bonds. The number of thiazole rings is 1. The number of imide groups is 1. The molecule has 1 N–H and O–H groups in total. The number of hydrogen-bond acceptors (Lipinski definition) is 5. The quantitative estimate of drug-likeness (QED) is 0.751. The molecule has 23 heavy (non-hydrogen) atoms. The Hall–Kier alpha value is -2.67. The summed E-state index contributed by atoms with van der Waals surface area (Å²) in [5.74, 6) is 0.0827. The number of fused-ring (bicyclic) bond motifs is 1. The van der Waals surface area contributed by atoms with Crippen LogP contribution in [0.15, 0.2) is 47.1 Å². The van der Waals surface area contributed by atoms with Crippen LogP contribution in [0, 0.1) is 0 Å². The zero-order valence-corrected chi connectivity index (χ0v) is 13.1. The van der Waals surface area contributed by atoms with Gasteiger partial charge in [0.15, 0.2) is 5.54 Å². The molecule has 3 aromatic rings. The van der Waals surface area contributed by atoms with Gasteiger partial charge in [-0.15, -0.1) is 11.3 Å². The molecule has 4 rings (SSSR count). The first-order chi connectivity index (χ1) is 11.1. The van der Waals surface area contributed by atoms with Gasteiger partial charge in [-0.25, -0.2) is 9.78 Å². The van der Waals surface area contributed by atoms with Gasteiger partial charge in [-0.05, 0) is 31.2 Å². The lowest BCUT2D eigenvalue weighted by Crippen LogP contribution is -2.40. The second kappa shape index (κ2) is 4.92. The fraction of sp³-hybridized carbons (Fsp3) is 0.188. The van der Waals surface area contributed by atoms with E-state index in [1.165, 1.54) is 22.5 Å². The molecule has 6 nitrogen and oxygen atoms in total. The number of urea groups is 1. The van der Waals surface area contributed by atoms with Crippen molar-refractivity contribution in [1.82, 2.24) is 15.2 Å². The van der Waals surface area contributed by atoms with Crippen LogP contribution in [-0.2, 0) is 16.9 Å². The van der Waals surface area contributed by atoms with E-state index in [2.05, 4.69) is 10.3 Å². The van der Waals surface area contributed by atoms with Crippen LogP contribution in [0.25, 0.3) is 10.2 Å². The molecule has 0 saturated carbocycles. The highest BCUT2D eigenvalue weighted by Crippen LogP contribution is 2.31. The van der Waals surface area contributed by atoms with E-state index in [0.29, 0.717) is 5.76 Å². The Morgan fingerprint density at radius 2 is 2.09 bits per heavy atom. The number of aromatic nitrogens is 1. The van der Waals surface area contributed by atoms with Crippen LogP contribution in [0.3, 0.4) is 0 Å². The summed E-state index contributed by atoms with van der Waals surface area (Å²) in [6, 6.07) is 10.7. The summed E-state index contributed by atoms with van der Waals surface area (Å²) in [5.41, 5.74) is -0.301. The molecule has 116 valence electrons. The van der Waals surface area contributed by atoms with Crippen molar-refractivity contribution in [3.8, 4) is 0 Å². The van der Waals surface area contributed by atoms with Gasteiger partial charge in [0.25, 0.3) is 5.91 Å². The van der Waals surface area contributed by atoms with Crippen molar-refractivity contribution in [1.29, 1.82) is 0 Å². The van der Waals surface area contributed by atoms with Crippen molar-refractivity contribution in [2.45, 2.75) is 19.0 Å². The summed E-state index contributed by atoms with van der Waals surface area (Å²) in [6.45, 7) is 1.80. The first kappa shape index (κ1) is 14.0. The van der Waals surface area contributed by atoms with Crippen LogP contribution in [0.1, 0.15) is 17.7 Å². The second-order valence-electron chi connectivity index (χ2n) is 5.50. The number of rotatable bonds is 3. The first-order valence-corrected chi connectivity index (χ1v) is 7.92. The molecule has 2 aromatic heterocycles. The fourth-order valence-electron chi connectivity index (χ4n) is 2.69. The SMILES string of the molecule is C[C@]1(c2ccco2)NC(=O)N(Cc2nc3ccccc3s2)C1=O. The summed E-state index contributed by atoms with van der Waals surface area (Å²) >= 11 is 1.48. The average Bonchev–Trinajstić information content (AvgIpc) is 3.23. The predicted molar refractivity (Wildman–Crippen MR) is 84.8 cm³/mol. The van der Waals surface area contributed by atoms with E-state index >= 15 is 0 Å². The topological polar surface area (TPSA) is 75.4 Å². The Labute approximate surface area is 135 Å². The smallest absolute Gasteiger partial charge is 0.325 e. The number of furan rings is 1. The molecule has 7 heteroatoms.